The average Bonchev–Trinajstić information content (AvgIpc) is 2.28. The summed E-state index contributed by atoms with van der Waals surface area (Å²) in [6.07, 6.45) is 1.49. The van der Waals surface area contributed by atoms with Crippen LogP contribution in [0.15, 0.2) is 35.3 Å². The third-order valence-corrected chi connectivity index (χ3v) is 2.57. The normalized spacial score (nSPS) is 12.2. The smallest absolute Gasteiger partial charge is 0.132 e. The molecule has 0 aliphatic rings. The van der Waals surface area contributed by atoms with Crippen molar-refractivity contribution in [1.82, 2.24) is 0 Å². The standard InChI is InChI=1S/C12H13BrFNO/c1-3-8(2)16-7-12(15)10-6-9(13)4-5-11(10)14/h3-6,8,15H,1,7H2,2H3. The van der Waals surface area contributed by atoms with Crippen molar-refractivity contribution in [3.63, 3.8) is 0 Å². The number of rotatable bonds is 5. The summed E-state index contributed by atoms with van der Waals surface area (Å²) in [6, 6.07) is 4.49. The van der Waals surface area contributed by atoms with Gasteiger partial charge in [-0.3, -0.25) is 0 Å². The van der Waals surface area contributed by atoms with Crippen molar-refractivity contribution in [1.29, 1.82) is 5.41 Å². The summed E-state index contributed by atoms with van der Waals surface area (Å²) < 4.78 is 19.4. The molecule has 0 aliphatic heterocycles. The monoisotopic (exact) mass is 285 g/mol. The second kappa shape index (κ2) is 5.92. The highest BCUT2D eigenvalue weighted by Gasteiger charge is 2.09. The fraction of sp³-hybridized carbons (Fsp3) is 0.250. The predicted molar refractivity (Wildman–Crippen MR) is 66.5 cm³/mol. The van der Waals surface area contributed by atoms with Crippen molar-refractivity contribution < 1.29 is 9.13 Å². The van der Waals surface area contributed by atoms with E-state index in [2.05, 4.69) is 22.5 Å². The molecule has 0 spiro atoms. The van der Waals surface area contributed by atoms with Crippen molar-refractivity contribution in [2.24, 2.45) is 0 Å². The number of hydrogen-bond acceptors (Lipinski definition) is 2. The van der Waals surface area contributed by atoms with Gasteiger partial charge in [0.1, 0.15) is 5.82 Å². The molecule has 1 unspecified atom stereocenters. The highest BCUT2D eigenvalue weighted by molar-refractivity contribution is 9.10. The van der Waals surface area contributed by atoms with Crippen LogP contribution >= 0.6 is 15.9 Å². The van der Waals surface area contributed by atoms with Gasteiger partial charge in [0.2, 0.25) is 0 Å². The molecule has 0 fully saturated rings. The molecule has 0 amide bonds. The van der Waals surface area contributed by atoms with Gasteiger partial charge < -0.3 is 10.1 Å². The summed E-state index contributed by atoms with van der Waals surface area (Å²) in [6.45, 7) is 5.45. The van der Waals surface area contributed by atoms with Gasteiger partial charge in [0, 0.05) is 10.0 Å². The molecule has 1 atom stereocenters. The quantitative estimate of drug-likeness (QED) is 0.651. The topological polar surface area (TPSA) is 33.1 Å². The first kappa shape index (κ1) is 13.1. The zero-order valence-corrected chi connectivity index (χ0v) is 10.6. The summed E-state index contributed by atoms with van der Waals surface area (Å²) in [7, 11) is 0. The molecule has 1 rings (SSSR count). The number of halogens is 2. The Morgan fingerprint density at radius 1 is 1.69 bits per heavy atom. The second-order valence-electron chi connectivity index (χ2n) is 3.35. The summed E-state index contributed by atoms with van der Waals surface area (Å²) in [5, 5.41) is 7.72. The van der Waals surface area contributed by atoms with Crippen LogP contribution in [0, 0.1) is 11.2 Å². The van der Waals surface area contributed by atoms with Gasteiger partial charge in [-0.2, -0.15) is 0 Å². The zero-order valence-electron chi connectivity index (χ0n) is 8.97. The molecule has 2 nitrogen and oxygen atoms in total. The molecule has 1 aromatic rings. The lowest BCUT2D eigenvalue weighted by atomic mass is 10.1. The molecule has 0 radical (unpaired) electrons. The third-order valence-electron chi connectivity index (χ3n) is 2.08. The van der Waals surface area contributed by atoms with E-state index in [9.17, 15) is 4.39 Å². The van der Waals surface area contributed by atoms with E-state index in [4.69, 9.17) is 10.1 Å². The first-order valence-corrected chi connectivity index (χ1v) is 5.61. The van der Waals surface area contributed by atoms with Gasteiger partial charge in [0.05, 0.1) is 18.4 Å². The lowest BCUT2D eigenvalue weighted by molar-refractivity contribution is 0.131. The molecule has 0 aromatic heterocycles. The maximum Gasteiger partial charge on any atom is 0.132 e. The van der Waals surface area contributed by atoms with E-state index in [0.717, 1.165) is 4.47 Å². The Hall–Kier alpha value is -1.00. The molecular formula is C12H13BrFNO. The van der Waals surface area contributed by atoms with Gasteiger partial charge in [-0.25, -0.2) is 4.39 Å². The lowest BCUT2D eigenvalue weighted by Gasteiger charge is -2.10. The molecule has 0 aliphatic carbocycles. The van der Waals surface area contributed by atoms with Gasteiger partial charge >= 0.3 is 0 Å². The van der Waals surface area contributed by atoms with Gasteiger partial charge in [-0.15, -0.1) is 6.58 Å². The molecule has 4 heteroatoms. The molecule has 16 heavy (non-hydrogen) atoms. The Kier molecular flexibility index (Phi) is 4.83. The summed E-state index contributed by atoms with van der Waals surface area (Å²) in [5.74, 6) is -0.414. The van der Waals surface area contributed by atoms with E-state index in [1.54, 1.807) is 18.2 Å². The van der Waals surface area contributed by atoms with Gasteiger partial charge in [-0.05, 0) is 25.1 Å². The Morgan fingerprint density at radius 2 is 2.38 bits per heavy atom. The Bertz CT molecular complexity index is 406. The summed E-state index contributed by atoms with van der Waals surface area (Å²) >= 11 is 3.24. The van der Waals surface area contributed by atoms with E-state index in [1.807, 2.05) is 6.92 Å². The van der Waals surface area contributed by atoms with Crippen LogP contribution in [0.2, 0.25) is 0 Å². The Morgan fingerprint density at radius 3 is 3.00 bits per heavy atom. The van der Waals surface area contributed by atoms with Crippen molar-refractivity contribution in [3.05, 3.63) is 46.7 Å². The number of hydrogen-bond donors (Lipinski definition) is 1. The minimum atomic E-state index is -0.414. The zero-order chi connectivity index (χ0) is 12.1. The fourth-order valence-electron chi connectivity index (χ4n) is 1.09. The average molecular weight is 286 g/mol. The largest absolute Gasteiger partial charge is 0.368 e. The molecule has 1 aromatic carbocycles. The number of benzene rings is 1. The number of ether oxygens (including phenoxy) is 1. The highest BCUT2D eigenvalue weighted by atomic mass is 79.9. The van der Waals surface area contributed by atoms with Crippen molar-refractivity contribution in [2.75, 3.05) is 6.61 Å². The minimum Gasteiger partial charge on any atom is -0.368 e. The maximum atomic E-state index is 13.4. The van der Waals surface area contributed by atoms with E-state index >= 15 is 0 Å². The first-order chi connectivity index (χ1) is 7.54. The molecule has 1 N–H and O–H groups in total. The van der Waals surface area contributed by atoms with Gasteiger partial charge in [0.25, 0.3) is 0 Å². The van der Waals surface area contributed by atoms with Crippen molar-refractivity contribution in [2.45, 2.75) is 13.0 Å². The van der Waals surface area contributed by atoms with Crippen LogP contribution in [0.5, 0.6) is 0 Å². The molecule has 0 bridgehead atoms. The maximum absolute atomic E-state index is 13.4. The van der Waals surface area contributed by atoms with Crippen LogP contribution in [0.1, 0.15) is 12.5 Å². The van der Waals surface area contributed by atoms with E-state index in [-0.39, 0.29) is 24.0 Å². The SMILES string of the molecule is C=CC(C)OCC(=N)c1cc(Br)ccc1F. The molecule has 86 valence electrons. The number of nitrogens with one attached hydrogen (secondary N) is 1. The third kappa shape index (κ3) is 3.54. The van der Waals surface area contributed by atoms with E-state index in [1.165, 1.54) is 6.07 Å². The molecule has 0 saturated carbocycles. The van der Waals surface area contributed by atoms with E-state index in [0.29, 0.717) is 0 Å². The van der Waals surface area contributed by atoms with Gasteiger partial charge in [-0.1, -0.05) is 22.0 Å². The molecular weight excluding hydrogens is 273 g/mol. The predicted octanol–water partition coefficient (Wildman–Crippen LogP) is 3.55. The van der Waals surface area contributed by atoms with Crippen LogP contribution in [0.25, 0.3) is 0 Å². The molecule has 0 heterocycles. The Balaban J connectivity index is 2.72. The van der Waals surface area contributed by atoms with Crippen LogP contribution in [-0.2, 0) is 4.74 Å². The first-order valence-electron chi connectivity index (χ1n) is 4.81. The van der Waals surface area contributed by atoms with Crippen LogP contribution in [0.3, 0.4) is 0 Å². The van der Waals surface area contributed by atoms with Crippen LogP contribution in [-0.4, -0.2) is 18.4 Å². The second-order valence-corrected chi connectivity index (χ2v) is 4.27. The fourth-order valence-corrected chi connectivity index (χ4v) is 1.45. The summed E-state index contributed by atoms with van der Waals surface area (Å²) in [4.78, 5) is 0. The van der Waals surface area contributed by atoms with E-state index < -0.39 is 5.82 Å². The van der Waals surface area contributed by atoms with Crippen molar-refractivity contribution in [3.8, 4) is 0 Å². The Labute approximate surface area is 103 Å². The van der Waals surface area contributed by atoms with Gasteiger partial charge in [0.15, 0.2) is 0 Å². The lowest BCUT2D eigenvalue weighted by Crippen LogP contribution is -2.15. The summed E-state index contributed by atoms with van der Waals surface area (Å²) in [5.41, 5.74) is 0.373. The van der Waals surface area contributed by atoms with Crippen LogP contribution in [0.4, 0.5) is 4.39 Å². The van der Waals surface area contributed by atoms with Crippen LogP contribution < -0.4 is 0 Å². The highest BCUT2D eigenvalue weighted by Crippen LogP contribution is 2.16. The molecule has 0 saturated heterocycles. The van der Waals surface area contributed by atoms with Crippen molar-refractivity contribution >= 4 is 21.6 Å². The minimum absolute atomic E-state index is 0.0700.